The van der Waals surface area contributed by atoms with Gasteiger partial charge in [-0.15, -0.1) is 17.1 Å². The van der Waals surface area contributed by atoms with Crippen molar-refractivity contribution in [2.24, 2.45) is 0 Å². The number of hydrogen-bond acceptors (Lipinski definition) is 7. The van der Waals surface area contributed by atoms with E-state index in [0.29, 0.717) is 0 Å². The molecule has 4 aromatic rings. The van der Waals surface area contributed by atoms with E-state index >= 15 is 0 Å². The number of unbranched alkanes of at least 4 members (excludes halogenated alkanes) is 1. The van der Waals surface area contributed by atoms with Gasteiger partial charge in [0, 0.05) is 43.4 Å². The van der Waals surface area contributed by atoms with Crippen LogP contribution in [0.4, 0.5) is 28.6 Å². The third-order valence-electron chi connectivity index (χ3n) is 8.71. The summed E-state index contributed by atoms with van der Waals surface area (Å²) < 4.78 is 0. The summed E-state index contributed by atoms with van der Waals surface area (Å²) in [7, 11) is 2.02. The first-order valence-corrected chi connectivity index (χ1v) is 15.8. The van der Waals surface area contributed by atoms with Crippen LogP contribution in [0.15, 0.2) is 114 Å². The zero-order chi connectivity index (χ0) is 32.0. The average Bonchev–Trinajstić information content (AvgIpc) is 3.70. The molecule has 7 rings (SSSR count). The second-order valence-electron chi connectivity index (χ2n) is 11.6. The van der Waals surface area contributed by atoms with Crippen molar-refractivity contribution in [3.05, 3.63) is 152 Å². The number of nitrogens with zero attached hydrogens (tertiary/aromatic N) is 7. The molecule has 0 amide bonds. The minimum Gasteiger partial charge on any atom is -0.505 e. The van der Waals surface area contributed by atoms with E-state index in [9.17, 15) is 0 Å². The Hall–Kier alpha value is -4.26. The quantitative estimate of drug-likeness (QED) is 0.131. The first-order chi connectivity index (χ1) is 22.4. The summed E-state index contributed by atoms with van der Waals surface area (Å²) in [6, 6.07) is 38.0. The minimum atomic E-state index is 0. The van der Waals surface area contributed by atoms with E-state index in [1.54, 1.807) is 0 Å². The first kappa shape index (κ1) is 34.1. The average molecular weight is 800 g/mol. The Balaban J connectivity index is 0.000000214. The fraction of sp³-hybridized carbons (Fsp3) is 0.231. The maximum absolute atomic E-state index is 4.40. The van der Waals surface area contributed by atoms with Gasteiger partial charge in [-0.3, -0.25) is 0 Å². The Morgan fingerprint density at radius 3 is 1.49 bits per heavy atom. The van der Waals surface area contributed by atoms with E-state index in [0.717, 1.165) is 54.5 Å². The van der Waals surface area contributed by atoms with Crippen LogP contribution in [0.5, 0.6) is 0 Å². The van der Waals surface area contributed by atoms with Gasteiger partial charge in [0.25, 0.3) is 0 Å². The molecule has 0 aliphatic carbocycles. The van der Waals surface area contributed by atoms with Crippen molar-refractivity contribution in [1.82, 2.24) is 14.8 Å². The van der Waals surface area contributed by atoms with Crippen LogP contribution in [0.1, 0.15) is 40.5 Å². The molecule has 3 aromatic carbocycles. The number of para-hydroxylation sites is 3. The number of pyridine rings is 1. The number of hydrogen-bond donors (Lipinski definition) is 0. The molecule has 0 atom stereocenters. The Morgan fingerprint density at radius 1 is 0.574 bits per heavy atom. The van der Waals surface area contributed by atoms with Crippen LogP contribution < -0.4 is 19.6 Å². The number of benzene rings is 3. The van der Waals surface area contributed by atoms with Crippen LogP contribution in [-0.4, -0.2) is 34.9 Å². The van der Waals surface area contributed by atoms with Gasteiger partial charge in [0.05, 0.1) is 0 Å². The number of fused-ring (bicyclic) bond motifs is 1. The number of anilines is 5. The van der Waals surface area contributed by atoms with Gasteiger partial charge in [-0.05, 0) is 84.2 Å². The summed E-state index contributed by atoms with van der Waals surface area (Å²) in [4.78, 5) is 17.7. The second-order valence-corrected chi connectivity index (χ2v) is 11.6. The van der Waals surface area contributed by atoms with E-state index in [4.69, 9.17) is 0 Å². The monoisotopic (exact) mass is 800 g/mol. The fourth-order valence-electron chi connectivity index (χ4n) is 5.81. The van der Waals surface area contributed by atoms with Gasteiger partial charge in [0.1, 0.15) is 5.82 Å². The molecule has 7 nitrogen and oxygen atoms in total. The van der Waals surface area contributed by atoms with Gasteiger partial charge in [0.2, 0.25) is 0 Å². The molecule has 1 aromatic heterocycles. The van der Waals surface area contributed by atoms with E-state index in [-0.39, 0.29) is 20.1 Å². The molecule has 1 radical (unpaired) electrons. The van der Waals surface area contributed by atoms with E-state index in [2.05, 4.69) is 119 Å². The first-order valence-electron chi connectivity index (χ1n) is 15.8. The smallest absolute Gasteiger partial charge is 0.124 e. The fourth-order valence-corrected chi connectivity index (χ4v) is 5.81. The van der Waals surface area contributed by atoms with Gasteiger partial charge >= 0.3 is 0 Å². The molecule has 8 heteroatoms. The predicted octanol–water partition coefficient (Wildman–Crippen LogP) is 8.34. The van der Waals surface area contributed by atoms with Crippen LogP contribution >= 0.6 is 0 Å². The van der Waals surface area contributed by atoms with Gasteiger partial charge < -0.3 is 29.4 Å². The Kier molecular flexibility index (Phi) is 11.3. The third kappa shape index (κ3) is 7.50. The molecule has 0 spiro atoms. The van der Waals surface area contributed by atoms with Crippen molar-refractivity contribution in [2.75, 3.05) is 39.7 Å². The number of rotatable bonds is 8. The Morgan fingerprint density at radius 2 is 1.04 bits per heavy atom. The maximum Gasteiger partial charge on any atom is 0.124 e. The second kappa shape index (κ2) is 15.6. The van der Waals surface area contributed by atoms with Crippen molar-refractivity contribution in [1.29, 1.82) is 0 Å². The molecule has 47 heavy (non-hydrogen) atoms. The largest absolute Gasteiger partial charge is 0.505 e. The molecule has 0 unspecified atom stereocenters. The van der Waals surface area contributed by atoms with Crippen molar-refractivity contribution >= 4 is 28.6 Å². The molecular formula is C39H41IrN7-6. The molecule has 0 fully saturated rings. The van der Waals surface area contributed by atoms with Crippen molar-refractivity contribution in [3.63, 3.8) is 0 Å². The molecule has 0 bridgehead atoms. The van der Waals surface area contributed by atoms with Gasteiger partial charge in [0.15, 0.2) is 0 Å². The molecule has 0 saturated heterocycles. The van der Waals surface area contributed by atoms with Gasteiger partial charge in [-0.2, -0.15) is 111 Å². The molecular weight excluding hydrogens is 759 g/mol. The molecule has 247 valence electrons. The van der Waals surface area contributed by atoms with Crippen LogP contribution in [0.25, 0.3) is 0 Å². The Bertz CT molecular complexity index is 1580. The van der Waals surface area contributed by atoms with Crippen LogP contribution in [0, 0.1) is 38.2 Å². The maximum atomic E-state index is 4.40. The van der Waals surface area contributed by atoms with Crippen LogP contribution in [0.3, 0.4) is 0 Å². The summed E-state index contributed by atoms with van der Waals surface area (Å²) in [5, 5.41) is 0. The number of aromatic nitrogens is 1. The van der Waals surface area contributed by atoms with E-state index in [1.165, 1.54) is 22.8 Å². The summed E-state index contributed by atoms with van der Waals surface area (Å²) in [5.74, 6) is 0.951. The van der Waals surface area contributed by atoms with Gasteiger partial charge in [-0.25, -0.2) is 4.98 Å². The SMILES string of the molecule is CC1=C(C)N(c2[c-]cccc2)[CH-]N1CCCCN1[CH-]N(c2[c-]cccc2)C(C)=C1C.CN1[CH-]N(c2[c-]cccc2)c2ncccc21.[Ir]. The minimum absolute atomic E-state index is 0. The van der Waals surface area contributed by atoms with Crippen molar-refractivity contribution in [3.8, 4) is 0 Å². The number of allylic oxidation sites excluding steroid dienone is 4. The van der Waals surface area contributed by atoms with E-state index < -0.39 is 0 Å². The normalized spacial score (nSPS) is 15.7. The molecule has 4 heterocycles. The zero-order valence-electron chi connectivity index (χ0n) is 27.7. The van der Waals surface area contributed by atoms with Crippen molar-refractivity contribution in [2.45, 2.75) is 40.5 Å². The molecule has 3 aliphatic rings. The predicted molar refractivity (Wildman–Crippen MR) is 188 cm³/mol. The summed E-state index contributed by atoms with van der Waals surface area (Å²) >= 11 is 0. The van der Waals surface area contributed by atoms with Crippen LogP contribution in [-0.2, 0) is 20.1 Å². The molecule has 3 aliphatic heterocycles. The summed E-state index contributed by atoms with van der Waals surface area (Å²) in [6.45, 7) is 17.2. The Labute approximate surface area is 294 Å². The third-order valence-corrected chi connectivity index (χ3v) is 8.71. The van der Waals surface area contributed by atoms with Gasteiger partial charge in [-0.1, -0.05) is 0 Å². The zero-order valence-corrected chi connectivity index (χ0v) is 30.1. The van der Waals surface area contributed by atoms with E-state index in [1.807, 2.05) is 79.4 Å². The summed E-state index contributed by atoms with van der Waals surface area (Å²) in [6.07, 6.45) is 4.09. The standard InChI is InChI=1S/C26H30N4.C13H11N3.Ir/c1-21-23(3)29(25-13-7-5-8-14-25)19-27(21)17-11-12-18-28-20-30(24(4)22(28)2)26-15-9-6-10-16-26;1-15-10-16(11-6-3-2-4-7-11)13-12(15)8-5-9-14-13;/h5-10,13,15,19-20H,11-12,17-18H2,1-4H3;2-6,8-10H,1H3;/q-4;-2;. The topological polar surface area (TPSA) is 32.3 Å². The molecule has 0 N–H and O–H groups in total. The molecule has 0 saturated carbocycles. The van der Waals surface area contributed by atoms with Crippen molar-refractivity contribution < 1.29 is 20.1 Å². The van der Waals surface area contributed by atoms with Crippen LogP contribution in [0.2, 0.25) is 0 Å². The summed E-state index contributed by atoms with van der Waals surface area (Å²) in [5.41, 5.74) is 9.49.